The zero-order chi connectivity index (χ0) is 26.1. The third-order valence-corrected chi connectivity index (χ3v) is 5.47. The number of imide groups is 1. The first-order valence-corrected chi connectivity index (χ1v) is 11.6. The summed E-state index contributed by atoms with van der Waals surface area (Å²) in [6.45, 7) is 8.92. The largest absolute Gasteiger partial charge is 0.481 e. The number of hydrogen-bond donors (Lipinski definition) is 3. The van der Waals surface area contributed by atoms with E-state index in [2.05, 4.69) is 10.6 Å². The number of aliphatic carboxylic acids is 1. The Labute approximate surface area is 200 Å². The number of Topliss-reactive ketones (excluding diaryl/α,β-unsaturated/α-hetero) is 1. The van der Waals surface area contributed by atoms with Crippen LogP contribution in [0.2, 0.25) is 0 Å². The van der Waals surface area contributed by atoms with Gasteiger partial charge in [0.15, 0.2) is 5.78 Å². The van der Waals surface area contributed by atoms with E-state index in [1.807, 2.05) is 0 Å². The maximum atomic E-state index is 12.9. The molecule has 190 valence electrons. The number of carboxylic acid groups (broad SMARTS) is 1. The third-order valence-electron chi connectivity index (χ3n) is 5.47. The highest BCUT2D eigenvalue weighted by Crippen LogP contribution is 2.19. The Kier molecular flexibility index (Phi) is 11.1. The number of amides is 4. The minimum atomic E-state index is -1.07. The van der Waals surface area contributed by atoms with Gasteiger partial charge in [-0.25, -0.2) is 0 Å². The SMILES string of the molecule is CC(C)C(NC(=O)CCCCCN1C(=O)C=CC1=O)C(=O)N[C@@H](CCC(=O)O)C(=O)C(C)(C)C. The smallest absolute Gasteiger partial charge is 0.303 e. The average Bonchev–Trinajstić information content (AvgIpc) is 3.04. The van der Waals surface area contributed by atoms with Gasteiger partial charge in [-0.05, 0) is 25.2 Å². The van der Waals surface area contributed by atoms with Gasteiger partial charge in [-0.1, -0.05) is 41.0 Å². The summed E-state index contributed by atoms with van der Waals surface area (Å²) in [4.78, 5) is 73.2. The van der Waals surface area contributed by atoms with Crippen LogP contribution in [-0.4, -0.2) is 64.0 Å². The summed E-state index contributed by atoms with van der Waals surface area (Å²) in [5.41, 5.74) is -0.770. The molecule has 0 saturated heterocycles. The second-order valence-electron chi connectivity index (χ2n) is 9.87. The van der Waals surface area contributed by atoms with E-state index in [4.69, 9.17) is 5.11 Å². The van der Waals surface area contributed by atoms with Gasteiger partial charge in [-0.3, -0.25) is 33.7 Å². The van der Waals surface area contributed by atoms with Crippen molar-refractivity contribution >= 4 is 35.4 Å². The first kappa shape index (κ1) is 29.0. The van der Waals surface area contributed by atoms with Gasteiger partial charge in [-0.15, -0.1) is 0 Å². The van der Waals surface area contributed by atoms with Gasteiger partial charge < -0.3 is 15.7 Å². The number of unbranched alkanes of at least 4 members (excludes halogenated alkanes) is 2. The number of ketones is 1. The second-order valence-corrected chi connectivity index (χ2v) is 9.87. The molecule has 4 amide bonds. The zero-order valence-corrected chi connectivity index (χ0v) is 20.7. The molecule has 0 saturated carbocycles. The Balaban J connectivity index is 2.59. The molecule has 10 nitrogen and oxygen atoms in total. The molecule has 1 aliphatic rings. The van der Waals surface area contributed by atoms with Crippen molar-refractivity contribution in [2.24, 2.45) is 11.3 Å². The summed E-state index contributed by atoms with van der Waals surface area (Å²) in [5.74, 6) is -3.12. The van der Waals surface area contributed by atoms with Crippen LogP contribution in [0.5, 0.6) is 0 Å². The van der Waals surface area contributed by atoms with E-state index in [0.29, 0.717) is 25.8 Å². The number of hydrogen-bond acceptors (Lipinski definition) is 6. The van der Waals surface area contributed by atoms with Crippen LogP contribution >= 0.6 is 0 Å². The molecular formula is C24H37N3O7. The summed E-state index contributed by atoms with van der Waals surface area (Å²) in [6, 6.07) is -1.84. The Hall–Kier alpha value is -3.04. The fourth-order valence-electron chi connectivity index (χ4n) is 3.49. The van der Waals surface area contributed by atoms with Crippen molar-refractivity contribution in [3.63, 3.8) is 0 Å². The molecule has 1 aliphatic heterocycles. The van der Waals surface area contributed by atoms with Crippen LogP contribution in [0.25, 0.3) is 0 Å². The van der Waals surface area contributed by atoms with Crippen molar-refractivity contribution in [3.05, 3.63) is 12.2 Å². The summed E-state index contributed by atoms with van der Waals surface area (Å²) < 4.78 is 0. The van der Waals surface area contributed by atoms with E-state index < -0.39 is 29.4 Å². The molecule has 0 aromatic heterocycles. The number of carbonyl (C=O) groups is 6. The lowest BCUT2D eigenvalue weighted by atomic mass is 9.84. The predicted octanol–water partition coefficient (Wildman–Crippen LogP) is 1.58. The molecule has 0 aliphatic carbocycles. The maximum absolute atomic E-state index is 12.9. The minimum Gasteiger partial charge on any atom is -0.481 e. The highest BCUT2D eigenvalue weighted by Gasteiger charge is 2.33. The summed E-state index contributed by atoms with van der Waals surface area (Å²) >= 11 is 0. The van der Waals surface area contributed by atoms with Crippen LogP contribution in [0.3, 0.4) is 0 Å². The second kappa shape index (κ2) is 13.0. The number of nitrogens with zero attached hydrogens (tertiary/aromatic N) is 1. The molecule has 0 spiro atoms. The number of carbonyl (C=O) groups excluding carboxylic acids is 5. The molecule has 10 heteroatoms. The normalized spacial score (nSPS) is 15.4. The quantitative estimate of drug-likeness (QED) is 0.253. The van der Waals surface area contributed by atoms with Crippen LogP contribution in [0, 0.1) is 11.3 Å². The molecule has 2 atom stereocenters. The Morgan fingerprint density at radius 2 is 1.53 bits per heavy atom. The van der Waals surface area contributed by atoms with Crippen LogP contribution < -0.4 is 10.6 Å². The van der Waals surface area contributed by atoms with Gasteiger partial charge in [0.25, 0.3) is 11.8 Å². The number of rotatable bonds is 14. The topological polar surface area (TPSA) is 150 Å². The fraction of sp³-hybridized carbons (Fsp3) is 0.667. The van der Waals surface area contributed by atoms with Gasteiger partial charge in [0.2, 0.25) is 11.8 Å². The van der Waals surface area contributed by atoms with E-state index in [9.17, 15) is 28.8 Å². The summed E-state index contributed by atoms with van der Waals surface area (Å²) in [7, 11) is 0. The average molecular weight is 480 g/mol. The summed E-state index contributed by atoms with van der Waals surface area (Å²) in [5, 5.41) is 14.3. The van der Waals surface area contributed by atoms with Crippen molar-refractivity contribution in [3.8, 4) is 0 Å². The fourth-order valence-corrected chi connectivity index (χ4v) is 3.49. The van der Waals surface area contributed by atoms with Crippen molar-refractivity contribution in [1.82, 2.24) is 15.5 Å². The van der Waals surface area contributed by atoms with Gasteiger partial charge in [0.05, 0.1) is 6.04 Å². The van der Waals surface area contributed by atoms with E-state index in [-0.39, 0.29) is 48.7 Å². The lowest BCUT2D eigenvalue weighted by molar-refractivity contribution is -0.139. The van der Waals surface area contributed by atoms with E-state index >= 15 is 0 Å². The van der Waals surface area contributed by atoms with Gasteiger partial charge >= 0.3 is 5.97 Å². The Morgan fingerprint density at radius 1 is 0.941 bits per heavy atom. The highest BCUT2D eigenvalue weighted by atomic mass is 16.4. The molecule has 0 bridgehead atoms. The first-order valence-electron chi connectivity index (χ1n) is 11.6. The summed E-state index contributed by atoms with van der Waals surface area (Å²) in [6.07, 6.45) is 4.04. The molecule has 1 heterocycles. The molecule has 1 unspecified atom stereocenters. The van der Waals surface area contributed by atoms with Crippen LogP contribution in [-0.2, 0) is 28.8 Å². The number of nitrogens with one attached hydrogen (secondary N) is 2. The van der Waals surface area contributed by atoms with Gasteiger partial charge in [0, 0.05) is 37.0 Å². The lowest BCUT2D eigenvalue weighted by Crippen LogP contribution is -2.55. The molecule has 34 heavy (non-hydrogen) atoms. The first-order chi connectivity index (χ1) is 15.7. The highest BCUT2D eigenvalue weighted by molar-refractivity contribution is 6.12. The van der Waals surface area contributed by atoms with Gasteiger partial charge in [0.1, 0.15) is 6.04 Å². The standard InChI is InChI=1S/C24H37N3O7/c1-15(2)21(23(34)25-16(10-13-20(31)32)22(33)24(3,4)5)26-17(28)9-7-6-8-14-27-18(29)11-12-19(27)30/h11-12,15-16,21H,6-10,13-14H2,1-5H3,(H,25,34)(H,26,28)(H,31,32)/t16-,21?/m0/s1. The minimum absolute atomic E-state index is 0.0342. The van der Waals surface area contributed by atoms with Crippen molar-refractivity contribution in [2.45, 2.75) is 85.2 Å². The third kappa shape index (κ3) is 9.44. The lowest BCUT2D eigenvalue weighted by Gasteiger charge is -2.28. The van der Waals surface area contributed by atoms with Gasteiger partial charge in [-0.2, -0.15) is 0 Å². The Bertz CT molecular complexity index is 809. The zero-order valence-electron chi connectivity index (χ0n) is 20.7. The molecular weight excluding hydrogens is 442 g/mol. The monoisotopic (exact) mass is 479 g/mol. The van der Waals surface area contributed by atoms with E-state index in [1.165, 1.54) is 12.2 Å². The molecule has 0 fully saturated rings. The molecule has 0 aromatic rings. The Morgan fingerprint density at radius 3 is 2.03 bits per heavy atom. The van der Waals surface area contributed by atoms with E-state index in [0.717, 1.165) is 4.90 Å². The van der Waals surface area contributed by atoms with Crippen LogP contribution in [0.15, 0.2) is 12.2 Å². The van der Waals surface area contributed by atoms with Crippen molar-refractivity contribution in [1.29, 1.82) is 0 Å². The van der Waals surface area contributed by atoms with Crippen LogP contribution in [0.1, 0.15) is 73.1 Å². The predicted molar refractivity (Wildman–Crippen MR) is 124 cm³/mol. The number of carboxylic acids is 1. The van der Waals surface area contributed by atoms with E-state index in [1.54, 1.807) is 34.6 Å². The maximum Gasteiger partial charge on any atom is 0.303 e. The molecule has 1 rings (SSSR count). The molecule has 3 N–H and O–H groups in total. The van der Waals surface area contributed by atoms with Crippen molar-refractivity contribution < 1.29 is 33.9 Å². The molecule has 0 aromatic carbocycles. The molecule has 0 radical (unpaired) electrons. The van der Waals surface area contributed by atoms with Crippen molar-refractivity contribution in [2.75, 3.05) is 6.54 Å². The van der Waals surface area contributed by atoms with Crippen LogP contribution in [0.4, 0.5) is 0 Å².